The van der Waals surface area contributed by atoms with Crippen LogP contribution in [-0.2, 0) is 4.74 Å². The Bertz CT molecular complexity index is 219. The third kappa shape index (κ3) is 3.53. The molecule has 15 heavy (non-hydrogen) atoms. The molecule has 1 aliphatic rings. The van der Waals surface area contributed by atoms with E-state index in [1.54, 1.807) is 0 Å². The largest absolute Gasteiger partial charge is 0.522 e. The number of rotatable bonds is 4. The van der Waals surface area contributed by atoms with Crippen LogP contribution in [0.2, 0.25) is 0 Å². The summed E-state index contributed by atoms with van der Waals surface area (Å²) >= 11 is 0. The van der Waals surface area contributed by atoms with Crippen LogP contribution >= 0.6 is 0 Å². The average molecular weight is 237 g/mol. The maximum Gasteiger partial charge on any atom is 0.522 e. The fourth-order valence-corrected chi connectivity index (χ4v) is 1.14. The molecule has 1 aliphatic carbocycles. The molecule has 0 amide bonds. The van der Waals surface area contributed by atoms with Gasteiger partial charge in [-0.1, -0.05) is 0 Å². The molecule has 90 valence electrons. The summed E-state index contributed by atoms with van der Waals surface area (Å²) in [6.07, 6.45) is -9.40. The summed E-state index contributed by atoms with van der Waals surface area (Å²) in [6, 6.07) is 0. The normalized spacial score (nSPS) is 20.4. The Balaban J connectivity index is 2.22. The second-order valence-corrected chi connectivity index (χ2v) is 3.30. The lowest BCUT2D eigenvalue weighted by molar-refractivity contribution is -0.324. The molecule has 2 nitrogen and oxygen atoms in total. The van der Waals surface area contributed by atoms with Crippen molar-refractivity contribution in [2.45, 2.75) is 30.9 Å². The average Bonchev–Trinajstić information content (AvgIpc) is 2.75. The van der Waals surface area contributed by atoms with Crippen molar-refractivity contribution in [2.24, 2.45) is 0 Å². The smallest absolute Gasteiger partial charge is 0.301 e. The SMILES string of the molecule is FC(F)(F)OCCNC1(C(F)(F)F)CC1. The van der Waals surface area contributed by atoms with Crippen molar-refractivity contribution >= 4 is 0 Å². The monoisotopic (exact) mass is 237 g/mol. The molecule has 0 atom stereocenters. The first-order valence-electron chi connectivity index (χ1n) is 4.19. The predicted molar refractivity (Wildman–Crippen MR) is 38.0 cm³/mol. The molecule has 0 bridgehead atoms. The van der Waals surface area contributed by atoms with Gasteiger partial charge in [-0.05, 0) is 12.8 Å². The Hall–Kier alpha value is -0.500. The molecule has 1 fully saturated rings. The van der Waals surface area contributed by atoms with Crippen LogP contribution in [-0.4, -0.2) is 31.2 Å². The lowest BCUT2D eigenvalue weighted by Gasteiger charge is -2.20. The zero-order valence-corrected chi connectivity index (χ0v) is 7.50. The van der Waals surface area contributed by atoms with Crippen LogP contribution in [0.4, 0.5) is 26.3 Å². The highest BCUT2D eigenvalue weighted by Crippen LogP contribution is 2.48. The molecule has 0 unspecified atom stereocenters. The molecule has 0 aromatic heterocycles. The van der Waals surface area contributed by atoms with Gasteiger partial charge in [0.2, 0.25) is 0 Å². The fraction of sp³-hybridized carbons (Fsp3) is 1.00. The van der Waals surface area contributed by atoms with E-state index in [1.807, 2.05) is 5.32 Å². The number of hydrogen-bond donors (Lipinski definition) is 1. The van der Waals surface area contributed by atoms with Crippen molar-refractivity contribution in [2.75, 3.05) is 13.2 Å². The van der Waals surface area contributed by atoms with Crippen molar-refractivity contribution in [1.29, 1.82) is 0 Å². The summed E-state index contributed by atoms with van der Waals surface area (Å²) in [6.45, 7) is -1.29. The number of halogens is 6. The number of hydrogen-bond acceptors (Lipinski definition) is 2. The van der Waals surface area contributed by atoms with E-state index < -0.39 is 31.2 Å². The van der Waals surface area contributed by atoms with E-state index in [2.05, 4.69) is 4.74 Å². The van der Waals surface area contributed by atoms with Crippen LogP contribution < -0.4 is 5.32 Å². The summed E-state index contributed by atoms with van der Waals surface area (Å²) in [5, 5.41) is 2.03. The minimum Gasteiger partial charge on any atom is -0.301 e. The lowest BCUT2D eigenvalue weighted by atomic mass is 10.2. The van der Waals surface area contributed by atoms with E-state index in [1.165, 1.54) is 0 Å². The summed E-state index contributed by atoms with van der Waals surface area (Å²) in [4.78, 5) is 0. The molecule has 1 saturated carbocycles. The van der Waals surface area contributed by atoms with Gasteiger partial charge in [0, 0.05) is 6.54 Å². The molecule has 1 rings (SSSR count). The topological polar surface area (TPSA) is 21.3 Å². The van der Waals surface area contributed by atoms with Gasteiger partial charge in [-0.3, -0.25) is 4.74 Å². The van der Waals surface area contributed by atoms with Gasteiger partial charge in [0.25, 0.3) is 0 Å². The Morgan fingerprint density at radius 1 is 1.07 bits per heavy atom. The van der Waals surface area contributed by atoms with Gasteiger partial charge >= 0.3 is 12.5 Å². The van der Waals surface area contributed by atoms with Gasteiger partial charge in [0.05, 0.1) is 6.61 Å². The minimum absolute atomic E-state index is 0.0947. The van der Waals surface area contributed by atoms with Crippen molar-refractivity contribution in [3.8, 4) is 0 Å². The van der Waals surface area contributed by atoms with Gasteiger partial charge in [0.1, 0.15) is 5.54 Å². The molecule has 0 radical (unpaired) electrons. The highest BCUT2D eigenvalue weighted by Gasteiger charge is 2.62. The molecule has 0 heterocycles. The van der Waals surface area contributed by atoms with E-state index in [0.717, 1.165) is 0 Å². The van der Waals surface area contributed by atoms with Gasteiger partial charge < -0.3 is 5.32 Å². The Labute approximate surface area is 81.6 Å². The van der Waals surface area contributed by atoms with Crippen LogP contribution in [0.1, 0.15) is 12.8 Å². The van der Waals surface area contributed by atoms with Crippen molar-refractivity contribution < 1.29 is 31.1 Å². The van der Waals surface area contributed by atoms with Crippen LogP contribution in [0.3, 0.4) is 0 Å². The van der Waals surface area contributed by atoms with Crippen LogP contribution in [0.15, 0.2) is 0 Å². The molecular weight excluding hydrogens is 228 g/mol. The fourth-order valence-electron chi connectivity index (χ4n) is 1.14. The second kappa shape index (κ2) is 3.82. The van der Waals surface area contributed by atoms with Gasteiger partial charge in [0.15, 0.2) is 0 Å². The minimum atomic E-state index is -4.80. The number of alkyl halides is 6. The molecule has 0 aliphatic heterocycles. The van der Waals surface area contributed by atoms with Gasteiger partial charge in [-0.15, -0.1) is 13.2 Å². The van der Waals surface area contributed by atoms with Crippen molar-refractivity contribution in [3.63, 3.8) is 0 Å². The second-order valence-electron chi connectivity index (χ2n) is 3.30. The van der Waals surface area contributed by atoms with E-state index >= 15 is 0 Å². The maximum atomic E-state index is 12.2. The summed E-state index contributed by atoms with van der Waals surface area (Å²) in [7, 11) is 0. The molecule has 0 aromatic rings. The third-order valence-electron chi connectivity index (χ3n) is 2.12. The number of nitrogens with one attached hydrogen (secondary N) is 1. The molecule has 0 aromatic carbocycles. The Morgan fingerprint density at radius 2 is 1.60 bits per heavy atom. The first-order valence-corrected chi connectivity index (χ1v) is 4.19. The van der Waals surface area contributed by atoms with Crippen LogP contribution in [0.25, 0.3) is 0 Å². The molecule has 0 saturated heterocycles. The van der Waals surface area contributed by atoms with Gasteiger partial charge in [-0.2, -0.15) is 13.2 Å². The van der Waals surface area contributed by atoms with Crippen molar-refractivity contribution in [3.05, 3.63) is 0 Å². The zero-order valence-electron chi connectivity index (χ0n) is 7.50. The highest BCUT2D eigenvalue weighted by molar-refractivity contribution is 5.07. The van der Waals surface area contributed by atoms with Crippen LogP contribution in [0, 0.1) is 0 Å². The standard InChI is InChI=1S/C7H9F6NO/c8-6(9,10)5(1-2-5)14-3-4-15-7(11,12)13/h14H,1-4H2. The Morgan fingerprint density at radius 3 is 1.93 bits per heavy atom. The molecular formula is C7H9F6NO. The molecule has 1 N–H and O–H groups in total. The summed E-state index contributed by atoms with van der Waals surface area (Å²) in [5.74, 6) is 0. The quantitative estimate of drug-likeness (QED) is 0.597. The maximum absolute atomic E-state index is 12.2. The first kappa shape index (κ1) is 12.6. The lowest BCUT2D eigenvalue weighted by Crippen LogP contribution is -2.46. The van der Waals surface area contributed by atoms with E-state index in [0.29, 0.717) is 0 Å². The first-order chi connectivity index (χ1) is 6.66. The highest BCUT2D eigenvalue weighted by atomic mass is 19.4. The number of ether oxygens (including phenoxy) is 1. The summed E-state index contributed by atoms with van der Waals surface area (Å²) in [5.41, 5.74) is -1.98. The summed E-state index contributed by atoms with van der Waals surface area (Å²) < 4.78 is 74.4. The van der Waals surface area contributed by atoms with E-state index in [9.17, 15) is 26.3 Å². The predicted octanol–water partition coefficient (Wildman–Crippen LogP) is 2.21. The zero-order chi connectivity index (χ0) is 11.7. The molecule has 8 heteroatoms. The Kier molecular flexibility index (Phi) is 3.20. The van der Waals surface area contributed by atoms with Crippen LogP contribution in [0.5, 0.6) is 0 Å². The third-order valence-corrected chi connectivity index (χ3v) is 2.12. The molecule has 0 spiro atoms. The van der Waals surface area contributed by atoms with Crippen molar-refractivity contribution in [1.82, 2.24) is 5.32 Å². The van der Waals surface area contributed by atoms with E-state index in [4.69, 9.17) is 0 Å². The van der Waals surface area contributed by atoms with E-state index in [-0.39, 0.29) is 12.8 Å². The van der Waals surface area contributed by atoms with Gasteiger partial charge in [-0.25, -0.2) is 0 Å².